The van der Waals surface area contributed by atoms with Crippen molar-refractivity contribution in [3.63, 3.8) is 0 Å². The lowest BCUT2D eigenvalue weighted by Crippen LogP contribution is -2.36. The minimum atomic E-state index is -0.206. The van der Waals surface area contributed by atoms with Crippen molar-refractivity contribution >= 4 is 45.5 Å². The maximum absolute atomic E-state index is 12.6. The van der Waals surface area contributed by atoms with Gasteiger partial charge in [0.05, 0.1) is 17.4 Å². The number of carbonyl (C=O) groups excluding carboxylic acids is 1. The van der Waals surface area contributed by atoms with Crippen molar-refractivity contribution in [1.29, 1.82) is 0 Å². The summed E-state index contributed by atoms with van der Waals surface area (Å²) in [6.07, 6.45) is 3.10. The smallest absolute Gasteiger partial charge is 0.258 e. The van der Waals surface area contributed by atoms with Gasteiger partial charge in [-0.15, -0.1) is 0 Å². The number of fused-ring (bicyclic) bond motifs is 1. The van der Waals surface area contributed by atoms with Gasteiger partial charge in [0.25, 0.3) is 5.56 Å². The van der Waals surface area contributed by atoms with Gasteiger partial charge in [-0.2, -0.15) is 0 Å². The Morgan fingerprint density at radius 2 is 2.08 bits per heavy atom. The van der Waals surface area contributed by atoms with Crippen LogP contribution in [-0.4, -0.2) is 26.8 Å². The van der Waals surface area contributed by atoms with E-state index in [-0.39, 0.29) is 24.1 Å². The van der Waals surface area contributed by atoms with Gasteiger partial charge in [-0.05, 0) is 66.8 Å². The van der Waals surface area contributed by atoms with Crippen molar-refractivity contribution < 1.29 is 9.21 Å². The normalized spacial score (nSPS) is 11.5. The molecule has 1 N–H and O–H groups in total. The number of carbonyl (C=O) groups is 1. The van der Waals surface area contributed by atoms with E-state index in [0.29, 0.717) is 22.5 Å². The molecule has 1 amide bonds. The number of aromatic nitrogens is 2. The lowest BCUT2D eigenvalue weighted by Gasteiger charge is -2.25. The molecule has 0 bridgehead atoms. The van der Waals surface area contributed by atoms with Gasteiger partial charge < -0.3 is 14.3 Å². The van der Waals surface area contributed by atoms with Crippen LogP contribution in [-0.2, 0) is 11.3 Å². The van der Waals surface area contributed by atoms with Gasteiger partial charge in [-0.25, -0.2) is 4.98 Å². The number of rotatable bonds is 5. The minimum absolute atomic E-state index is 0.0549. The maximum Gasteiger partial charge on any atom is 0.258 e. The summed E-state index contributed by atoms with van der Waals surface area (Å²) in [5.41, 5.74) is 0.408. The van der Waals surface area contributed by atoms with Gasteiger partial charge in [0.15, 0.2) is 3.77 Å². The zero-order valence-corrected chi connectivity index (χ0v) is 16.6. The van der Waals surface area contributed by atoms with Crippen LogP contribution in [0.25, 0.3) is 17.0 Å². The fraction of sp³-hybridized carbons (Fsp3) is 0.211. The van der Waals surface area contributed by atoms with E-state index in [9.17, 15) is 9.59 Å². The molecule has 7 heteroatoms. The largest absolute Gasteiger partial charge is 0.451 e. The van der Waals surface area contributed by atoms with Crippen LogP contribution in [0.2, 0.25) is 0 Å². The Balaban J connectivity index is 1.83. The van der Waals surface area contributed by atoms with Gasteiger partial charge in [-0.3, -0.25) is 9.59 Å². The van der Waals surface area contributed by atoms with Crippen LogP contribution >= 0.6 is 22.6 Å². The number of para-hydroxylation sites is 1. The Bertz CT molecular complexity index is 1020. The molecular formula is C19H18IN3O3. The Morgan fingerprint density at radius 1 is 1.31 bits per heavy atom. The van der Waals surface area contributed by atoms with E-state index in [1.165, 1.54) is 6.08 Å². The number of furan rings is 1. The molecule has 0 spiro atoms. The molecule has 0 radical (unpaired) electrons. The van der Waals surface area contributed by atoms with E-state index >= 15 is 0 Å². The van der Waals surface area contributed by atoms with Gasteiger partial charge in [0.2, 0.25) is 5.91 Å². The molecule has 0 aliphatic carbocycles. The van der Waals surface area contributed by atoms with Crippen molar-refractivity contribution in [3.05, 3.63) is 68.2 Å². The predicted octanol–water partition coefficient (Wildman–Crippen LogP) is 3.57. The number of nitrogens with zero attached hydrogens (tertiary/aromatic N) is 2. The lowest BCUT2D eigenvalue weighted by molar-refractivity contribution is -0.128. The highest BCUT2D eigenvalue weighted by Gasteiger charge is 2.17. The number of halogens is 1. The number of nitrogens with one attached hydrogen (secondary N) is 1. The Morgan fingerprint density at radius 3 is 2.77 bits per heavy atom. The van der Waals surface area contributed by atoms with E-state index in [1.807, 2.05) is 26.0 Å². The zero-order valence-electron chi connectivity index (χ0n) is 14.4. The number of benzene rings is 1. The molecule has 1 aromatic carbocycles. The van der Waals surface area contributed by atoms with Crippen LogP contribution < -0.4 is 5.56 Å². The topological polar surface area (TPSA) is 79.2 Å². The number of hydrogen-bond donors (Lipinski definition) is 1. The van der Waals surface area contributed by atoms with Crippen LogP contribution in [0, 0.1) is 3.77 Å². The second kappa shape index (κ2) is 7.86. The molecule has 0 aliphatic heterocycles. The summed E-state index contributed by atoms with van der Waals surface area (Å²) in [6.45, 7) is 4.05. The zero-order chi connectivity index (χ0) is 18.7. The average Bonchev–Trinajstić information content (AvgIpc) is 3.03. The summed E-state index contributed by atoms with van der Waals surface area (Å²) in [5, 5.41) is 0.533. The predicted molar refractivity (Wildman–Crippen MR) is 109 cm³/mol. The number of hydrogen-bond acceptors (Lipinski definition) is 4. The van der Waals surface area contributed by atoms with E-state index in [0.717, 1.165) is 3.77 Å². The molecule has 2 heterocycles. The van der Waals surface area contributed by atoms with Crippen molar-refractivity contribution in [2.45, 2.75) is 26.4 Å². The highest BCUT2D eigenvalue weighted by atomic mass is 127. The molecule has 0 saturated heterocycles. The highest BCUT2D eigenvalue weighted by Crippen LogP contribution is 2.13. The van der Waals surface area contributed by atoms with Gasteiger partial charge >= 0.3 is 0 Å². The number of H-pyrrole nitrogens is 1. The Labute approximate surface area is 164 Å². The first-order valence-electron chi connectivity index (χ1n) is 8.16. The Hall–Kier alpha value is -2.42. The first-order chi connectivity index (χ1) is 12.4. The fourth-order valence-electron chi connectivity index (χ4n) is 2.55. The summed E-state index contributed by atoms with van der Waals surface area (Å²) in [6, 6.07) is 10.7. The molecule has 0 aliphatic rings. The molecular weight excluding hydrogens is 445 g/mol. The van der Waals surface area contributed by atoms with Gasteiger partial charge in [-0.1, -0.05) is 12.1 Å². The SMILES string of the molecule is CC(C)N(Cc1nc2ccccc2c(=O)[nH]1)C(=O)/C=C/c1ccc(I)o1. The van der Waals surface area contributed by atoms with Crippen LogP contribution in [0.4, 0.5) is 0 Å². The number of aromatic amines is 1. The lowest BCUT2D eigenvalue weighted by atomic mass is 10.2. The first kappa shape index (κ1) is 18.4. The third kappa shape index (κ3) is 4.21. The number of amides is 1. The van der Waals surface area contributed by atoms with E-state index in [1.54, 1.807) is 35.2 Å². The summed E-state index contributed by atoms with van der Waals surface area (Å²) < 4.78 is 6.18. The quantitative estimate of drug-likeness (QED) is 0.464. The Kier molecular flexibility index (Phi) is 5.55. The van der Waals surface area contributed by atoms with Gasteiger partial charge in [0.1, 0.15) is 11.6 Å². The standard InChI is InChI=1S/C19H18IN3O3/c1-12(2)23(18(24)10-8-13-7-9-16(20)26-13)11-17-21-15-6-4-3-5-14(15)19(25)22-17/h3-10,12H,11H2,1-2H3,(H,21,22,25)/b10-8+. The summed E-state index contributed by atoms with van der Waals surface area (Å²) in [4.78, 5) is 33.7. The molecule has 0 fully saturated rings. The molecule has 3 rings (SSSR count). The summed E-state index contributed by atoms with van der Waals surface area (Å²) in [7, 11) is 0. The molecule has 2 aromatic heterocycles. The second-order valence-electron chi connectivity index (χ2n) is 6.06. The molecule has 0 unspecified atom stereocenters. The first-order valence-corrected chi connectivity index (χ1v) is 9.24. The van der Waals surface area contributed by atoms with Gasteiger partial charge in [0, 0.05) is 12.1 Å². The molecule has 0 atom stereocenters. The summed E-state index contributed by atoms with van der Waals surface area (Å²) >= 11 is 2.07. The molecule has 134 valence electrons. The third-order valence-electron chi connectivity index (χ3n) is 3.87. The van der Waals surface area contributed by atoms with Crippen LogP contribution in [0.1, 0.15) is 25.4 Å². The minimum Gasteiger partial charge on any atom is -0.451 e. The monoisotopic (exact) mass is 463 g/mol. The van der Waals surface area contributed by atoms with E-state index in [4.69, 9.17) is 4.42 Å². The molecule has 6 nitrogen and oxygen atoms in total. The van der Waals surface area contributed by atoms with Crippen molar-refractivity contribution in [2.24, 2.45) is 0 Å². The second-order valence-corrected chi connectivity index (χ2v) is 7.13. The van der Waals surface area contributed by atoms with E-state index in [2.05, 4.69) is 32.6 Å². The summed E-state index contributed by atoms with van der Waals surface area (Å²) in [5.74, 6) is 0.891. The van der Waals surface area contributed by atoms with E-state index < -0.39 is 0 Å². The average molecular weight is 463 g/mol. The van der Waals surface area contributed by atoms with Crippen LogP contribution in [0.15, 0.2) is 51.7 Å². The van der Waals surface area contributed by atoms with Crippen molar-refractivity contribution in [2.75, 3.05) is 0 Å². The van der Waals surface area contributed by atoms with Crippen molar-refractivity contribution in [3.8, 4) is 0 Å². The highest BCUT2D eigenvalue weighted by molar-refractivity contribution is 14.1. The fourth-order valence-corrected chi connectivity index (χ4v) is 2.99. The molecule has 0 saturated carbocycles. The van der Waals surface area contributed by atoms with Crippen LogP contribution in [0.5, 0.6) is 0 Å². The maximum atomic E-state index is 12.6. The molecule has 26 heavy (non-hydrogen) atoms. The molecule has 3 aromatic rings. The van der Waals surface area contributed by atoms with Crippen molar-refractivity contribution in [1.82, 2.24) is 14.9 Å². The third-order valence-corrected chi connectivity index (χ3v) is 4.45. The van der Waals surface area contributed by atoms with Crippen LogP contribution in [0.3, 0.4) is 0 Å².